The Morgan fingerprint density at radius 1 is 1.04 bits per heavy atom. The van der Waals surface area contributed by atoms with Crippen molar-refractivity contribution in [2.45, 2.75) is 31.1 Å². The van der Waals surface area contributed by atoms with Crippen LogP contribution in [0, 0.1) is 0 Å². The van der Waals surface area contributed by atoms with Gasteiger partial charge in [0.25, 0.3) is 0 Å². The predicted molar refractivity (Wildman–Crippen MR) is 97.8 cm³/mol. The second-order valence-corrected chi connectivity index (χ2v) is 7.63. The zero-order valence-electron chi connectivity index (χ0n) is 13.9. The van der Waals surface area contributed by atoms with Crippen LogP contribution >= 0.6 is 11.3 Å². The van der Waals surface area contributed by atoms with E-state index in [1.165, 1.54) is 10.8 Å². The Morgan fingerprint density at radius 2 is 1.81 bits per heavy atom. The molecule has 1 aliphatic rings. The Balaban J connectivity index is 1.39. The molecule has 4 aromatic rings. The molecule has 0 bridgehead atoms. The van der Waals surface area contributed by atoms with E-state index in [9.17, 15) is 13.2 Å². The van der Waals surface area contributed by atoms with Gasteiger partial charge in [-0.15, -0.1) is 0 Å². The summed E-state index contributed by atoms with van der Waals surface area (Å²) in [5.74, 6) is -0.875. The number of rotatable bonds is 3. The van der Waals surface area contributed by atoms with Crippen molar-refractivity contribution in [1.29, 1.82) is 0 Å². The van der Waals surface area contributed by atoms with Crippen LogP contribution in [0.4, 0.5) is 18.3 Å². The molecule has 1 aromatic carbocycles. The van der Waals surface area contributed by atoms with Crippen LogP contribution < -0.4 is 5.32 Å². The summed E-state index contributed by atoms with van der Waals surface area (Å²) in [5, 5.41) is 4.13. The number of pyridine rings is 1. The number of fused-ring (bicyclic) bond motifs is 2. The molecule has 138 valence electrons. The molecule has 27 heavy (non-hydrogen) atoms. The molecule has 1 N–H and O–H groups in total. The first-order valence-corrected chi connectivity index (χ1v) is 9.33. The summed E-state index contributed by atoms with van der Waals surface area (Å²) in [6.45, 7) is 0. The number of imidazole rings is 1. The third-order valence-corrected chi connectivity index (χ3v) is 5.77. The van der Waals surface area contributed by atoms with Crippen LogP contribution in [0.5, 0.6) is 0 Å². The fourth-order valence-corrected chi connectivity index (χ4v) is 4.44. The van der Waals surface area contributed by atoms with E-state index in [0.29, 0.717) is 12.8 Å². The summed E-state index contributed by atoms with van der Waals surface area (Å²) in [4.78, 5) is 12.4. The normalized spacial score (nSPS) is 20.1. The SMILES string of the molecule is FC(F)(F)c1nc2cccnc2n1[C@H]1C[C@H](Nc2nc3ccccc3s2)C1. The Morgan fingerprint density at radius 3 is 2.59 bits per heavy atom. The summed E-state index contributed by atoms with van der Waals surface area (Å²) in [7, 11) is 0. The summed E-state index contributed by atoms with van der Waals surface area (Å²) in [6, 6.07) is 10.8. The van der Waals surface area contributed by atoms with Crippen molar-refractivity contribution >= 4 is 37.8 Å². The number of halogens is 3. The number of thiazole rings is 1. The maximum absolute atomic E-state index is 13.4. The first-order valence-electron chi connectivity index (χ1n) is 8.51. The molecule has 0 saturated heterocycles. The first kappa shape index (κ1) is 16.5. The number of hydrogen-bond acceptors (Lipinski definition) is 5. The molecule has 3 aromatic heterocycles. The largest absolute Gasteiger partial charge is 0.449 e. The number of benzene rings is 1. The van der Waals surface area contributed by atoms with Crippen molar-refractivity contribution in [3.05, 3.63) is 48.4 Å². The van der Waals surface area contributed by atoms with E-state index in [-0.39, 0.29) is 23.2 Å². The van der Waals surface area contributed by atoms with Crippen LogP contribution in [-0.2, 0) is 6.18 Å². The second kappa shape index (κ2) is 5.91. The van der Waals surface area contributed by atoms with Crippen LogP contribution in [0.1, 0.15) is 24.7 Å². The molecular weight excluding hydrogens is 375 g/mol. The number of para-hydroxylation sites is 1. The van der Waals surface area contributed by atoms with Crippen molar-refractivity contribution in [2.75, 3.05) is 5.32 Å². The topological polar surface area (TPSA) is 55.6 Å². The van der Waals surface area contributed by atoms with E-state index in [2.05, 4.69) is 20.3 Å². The van der Waals surface area contributed by atoms with Gasteiger partial charge in [0.2, 0.25) is 5.82 Å². The molecule has 0 radical (unpaired) electrons. The highest BCUT2D eigenvalue weighted by atomic mass is 32.1. The van der Waals surface area contributed by atoms with E-state index in [1.54, 1.807) is 23.5 Å². The Bertz CT molecular complexity index is 1090. The lowest BCUT2D eigenvalue weighted by molar-refractivity contribution is -0.148. The number of anilines is 1. The lowest BCUT2D eigenvalue weighted by Gasteiger charge is -2.37. The molecular formula is C18H14F3N5S. The van der Waals surface area contributed by atoms with E-state index >= 15 is 0 Å². The Kier molecular flexibility index (Phi) is 3.61. The maximum Gasteiger partial charge on any atom is 0.449 e. The molecule has 3 heterocycles. The van der Waals surface area contributed by atoms with Crippen LogP contribution in [0.15, 0.2) is 42.6 Å². The molecule has 0 aliphatic heterocycles. The van der Waals surface area contributed by atoms with Crippen molar-refractivity contribution in [3.8, 4) is 0 Å². The van der Waals surface area contributed by atoms with Crippen molar-refractivity contribution in [2.24, 2.45) is 0 Å². The van der Waals surface area contributed by atoms with E-state index in [0.717, 1.165) is 15.3 Å². The number of nitrogens with one attached hydrogen (secondary N) is 1. The molecule has 5 rings (SSSR count). The van der Waals surface area contributed by atoms with Gasteiger partial charge in [-0.05, 0) is 37.1 Å². The highest BCUT2D eigenvalue weighted by Crippen LogP contribution is 2.41. The van der Waals surface area contributed by atoms with Gasteiger partial charge in [0.1, 0.15) is 5.52 Å². The third kappa shape index (κ3) is 2.82. The van der Waals surface area contributed by atoms with Crippen molar-refractivity contribution < 1.29 is 13.2 Å². The zero-order valence-corrected chi connectivity index (χ0v) is 14.8. The third-order valence-electron chi connectivity index (χ3n) is 4.80. The van der Waals surface area contributed by atoms with E-state index in [4.69, 9.17) is 0 Å². The second-order valence-electron chi connectivity index (χ2n) is 6.60. The summed E-state index contributed by atoms with van der Waals surface area (Å²) < 4.78 is 42.6. The van der Waals surface area contributed by atoms with Crippen LogP contribution in [0.3, 0.4) is 0 Å². The van der Waals surface area contributed by atoms with Crippen molar-refractivity contribution in [3.63, 3.8) is 0 Å². The number of nitrogens with zero attached hydrogens (tertiary/aromatic N) is 4. The van der Waals surface area contributed by atoms with Gasteiger partial charge in [-0.2, -0.15) is 13.2 Å². The molecule has 1 saturated carbocycles. The summed E-state index contributed by atoms with van der Waals surface area (Å²) in [5.41, 5.74) is 1.48. The van der Waals surface area contributed by atoms with Crippen LogP contribution in [0.2, 0.25) is 0 Å². The number of alkyl halides is 3. The molecule has 0 spiro atoms. The minimum Gasteiger partial charge on any atom is -0.359 e. The lowest BCUT2D eigenvalue weighted by Crippen LogP contribution is -2.38. The predicted octanol–water partition coefficient (Wildman–Crippen LogP) is 4.88. The monoisotopic (exact) mass is 389 g/mol. The fourth-order valence-electron chi connectivity index (χ4n) is 3.50. The minimum absolute atomic E-state index is 0.0813. The van der Waals surface area contributed by atoms with E-state index < -0.39 is 12.0 Å². The van der Waals surface area contributed by atoms with E-state index in [1.807, 2.05) is 24.3 Å². The van der Waals surface area contributed by atoms with Gasteiger partial charge in [0.05, 0.1) is 10.2 Å². The van der Waals surface area contributed by atoms with Gasteiger partial charge >= 0.3 is 6.18 Å². The smallest absolute Gasteiger partial charge is 0.359 e. The lowest BCUT2D eigenvalue weighted by atomic mass is 9.86. The van der Waals surface area contributed by atoms with Gasteiger partial charge < -0.3 is 9.88 Å². The molecule has 5 nitrogen and oxygen atoms in total. The van der Waals surface area contributed by atoms with Gasteiger partial charge in [0.15, 0.2) is 10.8 Å². The molecule has 9 heteroatoms. The number of hydrogen-bond donors (Lipinski definition) is 1. The quantitative estimate of drug-likeness (QED) is 0.543. The molecule has 0 atom stereocenters. The fraction of sp³-hybridized carbons (Fsp3) is 0.278. The molecule has 0 amide bonds. The highest BCUT2D eigenvalue weighted by Gasteiger charge is 2.42. The molecule has 1 aliphatic carbocycles. The zero-order chi connectivity index (χ0) is 18.6. The van der Waals surface area contributed by atoms with Crippen LogP contribution in [0.25, 0.3) is 21.4 Å². The van der Waals surface area contributed by atoms with Gasteiger partial charge in [-0.1, -0.05) is 23.5 Å². The summed E-state index contributed by atoms with van der Waals surface area (Å²) in [6.07, 6.45) is -1.87. The van der Waals surface area contributed by atoms with Gasteiger partial charge in [-0.3, -0.25) is 0 Å². The summed E-state index contributed by atoms with van der Waals surface area (Å²) >= 11 is 1.55. The van der Waals surface area contributed by atoms with Crippen molar-refractivity contribution in [1.82, 2.24) is 19.5 Å². The average molecular weight is 389 g/mol. The Labute approximate surface area is 155 Å². The minimum atomic E-state index is -4.51. The van der Waals surface area contributed by atoms with Gasteiger partial charge in [0, 0.05) is 18.3 Å². The highest BCUT2D eigenvalue weighted by molar-refractivity contribution is 7.22. The standard InChI is InChI=1S/C18H14F3N5S/c19-18(20,21)16-24-13-5-3-7-22-15(13)26(16)11-8-10(9-11)23-17-25-12-4-1-2-6-14(12)27-17/h1-7,10-11H,8-9H2,(H,23,25)/t10-,11-. The first-order chi connectivity index (χ1) is 13.0. The Hall–Kier alpha value is -2.68. The maximum atomic E-state index is 13.4. The average Bonchev–Trinajstić information content (AvgIpc) is 3.18. The molecule has 1 fully saturated rings. The van der Waals surface area contributed by atoms with Gasteiger partial charge in [-0.25, -0.2) is 15.0 Å². The number of aromatic nitrogens is 4. The van der Waals surface area contributed by atoms with Crippen LogP contribution in [-0.4, -0.2) is 25.6 Å². The molecule has 0 unspecified atom stereocenters.